The van der Waals surface area contributed by atoms with Crippen LogP contribution in [0.2, 0.25) is 0 Å². The zero-order valence-electron chi connectivity index (χ0n) is 57.4. The number of nitrogens with two attached hydrogens (primary N) is 1. The zero-order valence-corrected chi connectivity index (χ0v) is 57.4. The second-order valence-electron chi connectivity index (χ2n) is 25.9. The molecule has 0 unspecified atom stereocenters. The summed E-state index contributed by atoms with van der Waals surface area (Å²) in [5, 5.41) is 18.2. The highest BCUT2D eigenvalue weighted by Crippen LogP contribution is 2.44. The van der Waals surface area contributed by atoms with Gasteiger partial charge in [-0.05, 0) is 86.6 Å². The van der Waals surface area contributed by atoms with E-state index in [4.69, 9.17) is 38.9 Å². The number of ether oxygens (including phenoxy) is 7. The van der Waals surface area contributed by atoms with E-state index < -0.39 is 199 Å². The van der Waals surface area contributed by atoms with Crippen LogP contribution in [0.4, 0.5) is 4.79 Å². The average Bonchev–Trinajstić information content (AvgIpc) is 1.54. The number of benzene rings is 3. The second-order valence-corrected chi connectivity index (χ2v) is 25.9. The first-order valence-electron chi connectivity index (χ1n) is 32.8. The minimum atomic E-state index is -2.05. The molecule has 1 aliphatic carbocycles. The number of nitrogens with one attached hydrogen (secondary N) is 7. The summed E-state index contributed by atoms with van der Waals surface area (Å²) in [7, 11) is 0. The number of esters is 4. The first kappa shape index (κ1) is 77.5. The standard InChI is InChI=1S/C69H93N9O20/c1-13-37(4)56(64(88)77-57(38(5)98-69(10,11)12)65(89)75-55(36(2)3)67(90)78-31-21-28-51(78)61(70)85)76-63(87)50(32-53(83)74-66-58(71-39(6)79)60(96-42(9)82)59(95-41(8)81)52(97-66)35-92-40(7)80)72-62(86)49(29-30-54(84)93-33-43-22-15-14-16-23-43)73-68(91)94-34-48-46-26-19-17-24-44(46)45-25-18-20-27-47(45)48/h14-20,22-27,36-38,48-52,55-60,66H,13,21,28-35H2,1-12H3,(H2,70,85)(H,71,79)(H,72,86)(H,73,91)(H,74,83)(H,75,89)(H,76,87)(H,77,88)/t37-,38+,49-,50-,51-,52+,55-,56-,57-,58+,59+,60+,66+/m0/s1. The van der Waals surface area contributed by atoms with E-state index in [-0.39, 0.29) is 26.2 Å². The molecule has 0 radical (unpaired) electrons. The number of likely N-dealkylation sites (tertiary alicyclic amines) is 1. The van der Waals surface area contributed by atoms with Crippen molar-refractivity contribution in [3.05, 3.63) is 95.6 Å². The van der Waals surface area contributed by atoms with Crippen molar-refractivity contribution in [2.24, 2.45) is 17.6 Å². The Morgan fingerprint density at radius 1 is 0.633 bits per heavy atom. The Labute approximate surface area is 569 Å². The van der Waals surface area contributed by atoms with Crippen molar-refractivity contribution in [2.75, 3.05) is 19.8 Å². The van der Waals surface area contributed by atoms with Crippen molar-refractivity contribution in [2.45, 2.75) is 213 Å². The van der Waals surface area contributed by atoms with E-state index in [0.717, 1.165) is 49.9 Å². The Kier molecular flexibility index (Phi) is 28.2. The van der Waals surface area contributed by atoms with Crippen LogP contribution in [0.5, 0.6) is 0 Å². The van der Waals surface area contributed by atoms with Crippen LogP contribution in [0.3, 0.4) is 0 Å². The van der Waals surface area contributed by atoms with Gasteiger partial charge in [0, 0.05) is 46.6 Å². The third kappa shape index (κ3) is 22.0. The van der Waals surface area contributed by atoms with Gasteiger partial charge in [0.05, 0.1) is 18.1 Å². The Morgan fingerprint density at radius 2 is 1.20 bits per heavy atom. The molecule has 0 bridgehead atoms. The average molecular weight is 1370 g/mol. The molecule has 534 valence electrons. The highest BCUT2D eigenvalue weighted by atomic mass is 16.6. The van der Waals surface area contributed by atoms with Gasteiger partial charge in [0.2, 0.25) is 47.3 Å². The molecule has 0 spiro atoms. The normalized spacial score (nSPS) is 20.1. The SMILES string of the molecule is CC[C@H](C)[C@H](NC(=O)[C@H](CC(=O)N[C@@H]1O[C@H](COC(C)=O)[C@@H](OC(C)=O)[C@H](OC(C)=O)[C@H]1NC(C)=O)NC(=O)[C@H](CCC(=O)OCc1ccccc1)NC(=O)OCC1c2ccccc2-c2ccccc21)C(=O)N[C@H](C(=O)N[C@H](C(=O)N1CCC[C@H]1C(N)=O)C(C)C)[C@@H](C)OC(C)(C)C. The summed E-state index contributed by atoms with van der Waals surface area (Å²) in [6.45, 7) is 16.7. The van der Waals surface area contributed by atoms with Gasteiger partial charge in [-0.2, -0.15) is 0 Å². The molecule has 3 aromatic rings. The molecular formula is C69H93N9O20. The summed E-state index contributed by atoms with van der Waals surface area (Å²) < 4.78 is 40.0. The molecule has 3 aromatic carbocycles. The molecule has 9 amide bonds. The molecule has 13 atom stereocenters. The van der Waals surface area contributed by atoms with Gasteiger partial charge in [-0.3, -0.25) is 57.5 Å². The number of carbonyl (C=O) groups excluding carboxylic acids is 13. The maximum Gasteiger partial charge on any atom is 0.407 e. The molecular weight excluding hydrogens is 1270 g/mol. The number of primary amides is 1. The Morgan fingerprint density at radius 3 is 1.78 bits per heavy atom. The van der Waals surface area contributed by atoms with Crippen molar-refractivity contribution in [3.63, 3.8) is 0 Å². The fraction of sp³-hybridized carbons (Fsp3) is 0.551. The summed E-state index contributed by atoms with van der Waals surface area (Å²) in [5.74, 6) is -12.7. The number of alkyl carbamates (subject to hydrolysis) is 1. The minimum Gasteiger partial charge on any atom is -0.463 e. The smallest absolute Gasteiger partial charge is 0.407 e. The third-order valence-corrected chi connectivity index (χ3v) is 16.8. The van der Waals surface area contributed by atoms with Crippen molar-refractivity contribution < 1.29 is 95.5 Å². The van der Waals surface area contributed by atoms with Crippen LogP contribution in [-0.4, -0.2) is 180 Å². The monoisotopic (exact) mass is 1370 g/mol. The summed E-state index contributed by atoms with van der Waals surface area (Å²) in [4.78, 5) is 181. The van der Waals surface area contributed by atoms with Crippen LogP contribution in [0, 0.1) is 11.8 Å². The van der Waals surface area contributed by atoms with Gasteiger partial charge >= 0.3 is 30.0 Å². The number of nitrogens with zero attached hydrogens (tertiary/aromatic N) is 1. The predicted molar refractivity (Wildman–Crippen MR) is 350 cm³/mol. The van der Waals surface area contributed by atoms with E-state index in [0.29, 0.717) is 18.4 Å². The van der Waals surface area contributed by atoms with Gasteiger partial charge in [0.1, 0.15) is 68.2 Å². The molecule has 9 N–H and O–H groups in total. The molecule has 3 aliphatic rings. The molecule has 2 fully saturated rings. The van der Waals surface area contributed by atoms with Gasteiger partial charge in [-0.15, -0.1) is 0 Å². The highest BCUT2D eigenvalue weighted by molar-refractivity contribution is 5.99. The van der Waals surface area contributed by atoms with Crippen molar-refractivity contribution in [3.8, 4) is 11.1 Å². The van der Waals surface area contributed by atoms with Crippen LogP contribution >= 0.6 is 0 Å². The summed E-state index contributed by atoms with van der Waals surface area (Å²) >= 11 is 0. The Balaban J connectivity index is 1.37. The third-order valence-electron chi connectivity index (χ3n) is 16.8. The number of carbonyl (C=O) groups is 13. The van der Waals surface area contributed by atoms with Gasteiger partial charge < -0.3 is 81.0 Å². The topological polar surface area (TPSA) is 400 Å². The lowest BCUT2D eigenvalue weighted by Crippen LogP contribution is -2.69. The molecule has 6 rings (SSSR count). The molecule has 98 heavy (non-hydrogen) atoms. The minimum absolute atomic E-state index is 0.147. The molecule has 29 nitrogen and oxygen atoms in total. The van der Waals surface area contributed by atoms with Crippen LogP contribution in [-0.2, 0) is 97.3 Å². The fourth-order valence-corrected chi connectivity index (χ4v) is 11.9. The zero-order chi connectivity index (χ0) is 72.3. The Hall–Kier alpha value is -9.51. The number of hydrogen-bond acceptors (Lipinski definition) is 20. The van der Waals surface area contributed by atoms with Crippen LogP contribution in [0.1, 0.15) is 144 Å². The molecule has 0 aromatic heterocycles. The fourth-order valence-electron chi connectivity index (χ4n) is 11.9. The largest absolute Gasteiger partial charge is 0.463 e. The van der Waals surface area contributed by atoms with Crippen LogP contribution in [0.25, 0.3) is 11.1 Å². The molecule has 2 heterocycles. The highest BCUT2D eigenvalue weighted by Gasteiger charge is 2.52. The van der Waals surface area contributed by atoms with E-state index >= 15 is 14.4 Å². The van der Waals surface area contributed by atoms with E-state index in [9.17, 15) is 47.9 Å². The maximum absolute atomic E-state index is 15.3. The summed E-state index contributed by atoms with van der Waals surface area (Å²) in [5.41, 5.74) is 9.00. The number of rotatable bonds is 31. The lowest BCUT2D eigenvalue weighted by molar-refractivity contribution is -0.228. The number of hydrogen-bond donors (Lipinski definition) is 8. The lowest BCUT2D eigenvalue weighted by atomic mass is 9.94. The van der Waals surface area contributed by atoms with E-state index in [1.165, 1.54) is 11.8 Å². The second kappa shape index (κ2) is 35.7. The van der Waals surface area contributed by atoms with Gasteiger partial charge in [0.25, 0.3) is 0 Å². The van der Waals surface area contributed by atoms with Crippen LogP contribution in [0.15, 0.2) is 78.9 Å². The molecule has 2 aliphatic heterocycles. The lowest BCUT2D eigenvalue weighted by Gasteiger charge is -2.45. The maximum atomic E-state index is 15.3. The number of fused-ring (bicyclic) bond motifs is 3. The molecule has 0 saturated carbocycles. The first-order valence-corrected chi connectivity index (χ1v) is 32.8. The van der Waals surface area contributed by atoms with E-state index in [1.54, 1.807) is 78.8 Å². The van der Waals surface area contributed by atoms with Gasteiger partial charge in [-0.1, -0.05) is 113 Å². The summed E-state index contributed by atoms with van der Waals surface area (Å²) in [6, 6.07) is 13.2. The van der Waals surface area contributed by atoms with Gasteiger partial charge in [0.15, 0.2) is 18.4 Å². The molecule has 29 heteroatoms. The van der Waals surface area contributed by atoms with Crippen molar-refractivity contribution >= 4 is 77.2 Å². The van der Waals surface area contributed by atoms with Gasteiger partial charge in [-0.25, -0.2) is 4.79 Å². The first-order chi connectivity index (χ1) is 46.3. The molecule has 2 saturated heterocycles. The van der Waals surface area contributed by atoms with Crippen molar-refractivity contribution in [1.29, 1.82) is 0 Å². The predicted octanol–water partition coefficient (Wildman–Crippen LogP) is 2.90. The van der Waals surface area contributed by atoms with E-state index in [1.807, 2.05) is 48.5 Å². The summed E-state index contributed by atoms with van der Waals surface area (Å²) in [6.07, 6.45) is -9.78. The quantitative estimate of drug-likeness (QED) is 0.0339. The Bertz CT molecular complexity index is 3330. The van der Waals surface area contributed by atoms with E-state index in [2.05, 4.69) is 37.2 Å². The van der Waals surface area contributed by atoms with Crippen LogP contribution < -0.4 is 43.0 Å². The number of amides is 9. The van der Waals surface area contributed by atoms with Crippen molar-refractivity contribution in [1.82, 2.24) is 42.1 Å².